The molecule has 2 aliphatic rings. The van der Waals surface area contributed by atoms with E-state index < -0.39 is 6.10 Å². The number of fused-ring (bicyclic) bond motifs is 1. The number of furan rings is 1. The molecule has 2 aromatic rings. The number of aliphatic hydroxyl groups is 1. The molecular weight excluding hydrogens is 268 g/mol. The predicted octanol–water partition coefficient (Wildman–Crippen LogP) is 3.26. The number of benzene rings is 1. The first-order chi connectivity index (χ1) is 10.2. The Morgan fingerprint density at radius 3 is 2.62 bits per heavy atom. The second kappa shape index (κ2) is 4.81. The molecule has 1 fully saturated rings. The SMILES string of the molecule is CC1CC1c1ccc(C(O)c2ccc3c(c2)OCCO3)o1. The van der Waals surface area contributed by atoms with E-state index in [1.165, 1.54) is 6.42 Å². The first-order valence-corrected chi connectivity index (χ1v) is 7.39. The Balaban J connectivity index is 1.59. The summed E-state index contributed by atoms with van der Waals surface area (Å²) in [7, 11) is 0. The van der Waals surface area contributed by atoms with E-state index in [1.807, 2.05) is 30.3 Å². The monoisotopic (exact) mass is 286 g/mol. The number of rotatable bonds is 3. The van der Waals surface area contributed by atoms with Gasteiger partial charge in [-0.25, -0.2) is 0 Å². The zero-order chi connectivity index (χ0) is 14.4. The molecular formula is C17H18O4. The molecule has 0 bridgehead atoms. The zero-order valence-corrected chi connectivity index (χ0v) is 11.9. The van der Waals surface area contributed by atoms with Crippen LogP contribution < -0.4 is 9.47 Å². The summed E-state index contributed by atoms with van der Waals surface area (Å²) >= 11 is 0. The van der Waals surface area contributed by atoms with Crippen LogP contribution in [0.1, 0.15) is 42.5 Å². The normalized spacial score (nSPS) is 24.7. The fraction of sp³-hybridized carbons (Fsp3) is 0.412. The van der Waals surface area contributed by atoms with E-state index in [-0.39, 0.29) is 0 Å². The molecule has 0 spiro atoms. The minimum Gasteiger partial charge on any atom is -0.486 e. The molecule has 4 nitrogen and oxygen atoms in total. The number of ether oxygens (including phenoxy) is 2. The van der Waals surface area contributed by atoms with Crippen LogP contribution in [0.2, 0.25) is 0 Å². The molecule has 1 aliphatic carbocycles. The Labute approximate surface area is 123 Å². The van der Waals surface area contributed by atoms with Gasteiger partial charge in [0.1, 0.15) is 30.8 Å². The maximum atomic E-state index is 10.5. The number of hydrogen-bond acceptors (Lipinski definition) is 4. The first-order valence-electron chi connectivity index (χ1n) is 7.39. The molecule has 1 aliphatic heterocycles. The van der Waals surface area contributed by atoms with Gasteiger partial charge in [0.05, 0.1) is 0 Å². The molecule has 0 saturated heterocycles. The van der Waals surface area contributed by atoms with Gasteiger partial charge in [0, 0.05) is 5.92 Å². The smallest absolute Gasteiger partial charge is 0.161 e. The Bertz CT molecular complexity index is 661. The zero-order valence-electron chi connectivity index (χ0n) is 11.9. The topological polar surface area (TPSA) is 51.8 Å². The van der Waals surface area contributed by atoms with Crippen molar-refractivity contribution in [2.75, 3.05) is 13.2 Å². The van der Waals surface area contributed by atoms with Gasteiger partial charge in [-0.2, -0.15) is 0 Å². The van der Waals surface area contributed by atoms with Crippen LogP contribution in [0.15, 0.2) is 34.7 Å². The van der Waals surface area contributed by atoms with Crippen LogP contribution in [0.4, 0.5) is 0 Å². The van der Waals surface area contributed by atoms with E-state index >= 15 is 0 Å². The van der Waals surface area contributed by atoms with Gasteiger partial charge < -0.3 is 19.0 Å². The Morgan fingerprint density at radius 2 is 1.86 bits per heavy atom. The Morgan fingerprint density at radius 1 is 1.10 bits per heavy atom. The molecule has 1 aromatic carbocycles. The maximum Gasteiger partial charge on any atom is 0.161 e. The molecule has 3 unspecified atom stereocenters. The molecule has 110 valence electrons. The van der Waals surface area contributed by atoms with Gasteiger partial charge in [-0.15, -0.1) is 0 Å². The molecule has 4 heteroatoms. The highest BCUT2D eigenvalue weighted by Gasteiger charge is 2.37. The van der Waals surface area contributed by atoms with Crippen molar-refractivity contribution >= 4 is 0 Å². The van der Waals surface area contributed by atoms with Crippen molar-refractivity contribution in [3.8, 4) is 11.5 Å². The van der Waals surface area contributed by atoms with Crippen molar-refractivity contribution in [2.24, 2.45) is 5.92 Å². The van der Waals surface area contributed by atoms with Crippen LogP contribution in [0, 0.1) is 5.92 Å². The highest BCUT2D eigenvalue weighted by atomic mass is 16.6. The quantitative estimate of drug-likeness (QED) is 0.941. The second-order valence-corrected chi connectivity index (χ2v) is 5.87. The summed E-state index contributed by atoms with van der Waals surface area (Å²) in [6.45, 7) is 3.32. The summed E-state index contributed by atoms with van der Waals surface area (Å²) in [6, 6.07) is 9.34. The van der Waals surface area contributed by atoms with Gasteiger partial charge in [-0.3, -0.25) is 0 Å². The third-order valence-electron chi connectivity index (χ3n) is 4.27. The molecule has 0 amide bonds. The fourth-order valence-electron chi connectivity index (χ4n) is 2.83. The molecule has 4 rings (SSSR count). The molecule has 0 radical (unpaired) electrons. The molecule has 1 aromatic heterocycles. The third-order valence-corrected chi connectivity index (χ3v) is 4.27. The van der Waals surface area contributed by atoms with Crippen molar-refractivity contribution in [3.63, 3.8) is 0 Å². The summed E-state index contributed by atoms with van der Waals surface area (Å²) in [5.41, 5.74) is 0.754. The average molecular weight is 286 g/mol. The summed E-state index contributed by atoms with van der Waals surface area (Å²) < 4.78 is 16.9. The molecule has 3 atom stereocenters. The van der Waals surface area contributed by atoms with Crippen molar-refractivity contribution in [3.05, 3.63) is 47.4 Å². The van der Waals surface area contributed by atoms with Crippen molar-refractivity contribution < 1.29 is 19.0 Å². The minimum absolute atomic E-state index is 0.520. The summed E-state index contributed by atoms with van der Waals surface area (Å²) in [5, 5.41) is 10.5. The van der Waals surface area contributed by atoms with Crippen molar-refractivity contribution in [1.82, 2.24) is 0 Å². The van der Waals surface area contributed by atoms with E-state index in [4.69, 9.17) is 13.9 Å². The number of aliphatic hydroxyl groups excluding tert-OH is 1. The predicted molar refractivity (Wildman–Crippen MR) is 76.7 cm³/mol. The lowest BCUT2D eigenvalue weighted by Crippen LogP contribution is -2.15. The highest BCUT2D eigenvalue weighted by molar-refractivity contribution is 5.45. The number of hydrogen-bond donors (Lipinski definition) is 1. The van der Waals surface area contributed by atoms with Crippen LogP contribution in [0.5, 0.6) is 11.5 Å². The van der Waals surface area contributed by atoms with Crippen LogP contribution in [-0.4, -0.2) is 18.3 Å². The van der Waals surface area contributed by atoms with E-state index in [9.17, 15) is 5.11 Å². The second-order valence-electron chi connectivity index (χ2n) is 5.87. The van der Waals surface area contributed by atoms with Gasteiger partial charge in [0.15, 0.2) is 11.5 Å². The Kier molecular flexibility index (Phi) is 2.93. The fourth-order valence-corrected chi connectivity index (χ4v) is 2.83. The van der Waals surface area contributed by atoms with Crippen LogP contribution in [-0.2, 0) is 0 Å². The van der Waals surface area contributed by atoms with Crippen LogP contribution >= 0.6 is 0 Å². The minimum atomic E-state index is -0.774. The van der Waals surface area contributed by atoms with Crippen molar-refractivity contribution in [2.45, 2.75) is 25.4 Å². The molecule has 1 N–H and O–H groups in total. The third kappa shape index (κ3) is 2.29. The highest BCUT2D eigenvalue weighted by Crippen LogP contribution is 2.48. The Hall–Kier alpha value is -1.94. The first kappa shape index (κ1) is 12.8. The van der Waals surface area contributed by atoms with Gasteiger partial charge in [-0.1, -0.05) is 13.0 Å². The van der Waals surface area contributed by atoms with Gasteiger partial charge >= 0.3 is 0 Å². The molecule has 2 heterocycles. The van der Waals surface area contributed by atoms with Gasteiger partial charge in [0.2, 0.25) is 0 Å². The lowest BCUT2D eigenvalue weighted by Gasteiger charge is -2.19. The van der Waals surface area contributed by atoms with Gasteiger partial charge in [-0.05, 0) is 42.2 Å². The maximum absolute atomic E-state index is 10.5. The molecule has 21 heavy (non-hydrogen) atoms. The standard InChI is InChI=1S/C17H18O4/c1-10-8-12(10)13-4-5-15(21-13)17(18)11-2-3-14-16(9-11)20-7-6-19-14/h2-5,9-10,12,17-18H,6-8H2,1H3. The average Bonchev–Trinajstić information content (AvgIpc) is 3.05. The molecule has 1 saturated carbocycles. The lowest BCUT2D eigenvalue weighted by molar-refractivity contribution is 0.167. The summed E-state index contributed by atoms with van der Waals surface area (Å²) in [6.07, 6.45) is 0.399. The van der Waals surface area contributed by atoms with Gasteiger partial charge in [0.25, 0.3) is 0 Å². The van der Waals surface area contributed by atoms with E-state index in [1.54, 1.807) is 0 Å². The van der Waals surface area contributed by atoms with E-state index in [0.29, 0.717) is 36.6 Å². The van der Waals surface area contributed by atoms with Crippen molar-refractivity contribution in [1.29, 1.82) is 0 Å². The van der Waals surface area contributed by atoms with E-state index in [2.05, 4.69) is 6.92 Å². The van der Waals surface area contributed by atoms with Crippen LogP contribution in [0.3, 0.4) is 0 Å². The lowest BCUT2D eigenvalue weighted by atomic mass is 10.1. The summed E-state index contributed by atoms with van der Waals surface area (Å²) in [5.74, 6) is 4.18. The van der Waals surface area contributed by atoms with E-state index in [0.717, 1.165) is 17.1 Å². The van der Waals surface area contributed by atoms with Crippen LogP contribution in [0.25, 0.3) is 0 Å². The summed E-state index contributed by atoms with van der Waals surface area (Å²) in [4.78, 5) is 0. The largest absolute Gasteiger partial charge is 0.486 e.